The van der Waals surface area contributed by atoms with Crippen LogP contribution in [0.5, 0.6) is 0 Å². The number of methoxy groups -OCH3 is 2. The van der Waals surface area contributed by atoms with E-state index < -0.39 is 29.5 Å². The van der Waals surface area contributed by atoms with E-state index in [9.17, 15) is 14.4 Å². The molecule has 20 heavy (non-hydrogen) atoms. The molecule has 2 heterocycles. The highest BCUT2D eigenvalue weighted by Gasteiger charge is 2.78. The molecular formula is C11H18N4O5. The van der Waals surface area contributed by atoms with E-state index in [4.69, 9.17) is 9.47 Å². The van der Waals surface area contributed by atoms with Crippen molar-refractivity contribution < 1.29 is 23.9 Å². The fraction of sp³-hybridized carbons (Fsp3) is 0.727. The van der Waals surface area contributed by atoms with Gasteiger partial charge in [0.25, 0.3) is 17.5 Å². The number of hydrogen-bond acceptors (Lipinski definition) is 5. The number of hydrogen-bond donors (Lipinski definition) is 0. The quantitative estimate of drug-likeness (QED) is 0.660. The minimum absolute atomic E-state index is 0.489. The zero-order chi connectivity index (χ0) is 15.5. The molecule has 2 atom stereocenters. The topological polar surface area (TPSA) is 82.6 Å². The fourth-order valence-electron chi connectivity index (χ4n) is 3.11. The molecule has 9 nitrogen and oxygen atoms in total. The number of imide groups is 1. The summed E-state index contributed by atoms with van der Waals surface area (Å²) in [6, 6.07) is -1.07. The van der Waals surface area contributed by atoms with Crippen LogP contribution >= 0.6 is 0 Å². The van der Waals surface area contributed by atoms with Gasteiger partial charge in [-0.05, 0) is 0 Å². The number of rotatable bonds is 2. The Morgan fingerprint density at radius 3 is 1.75 bits per heavy atom. The van der Waals surface area contributed by atoms with Crippen LogP contribution in [0.3, 0.4) is 0 Å². The van der Waals surface area contributed by atoms with Crippen LogP contribution in [0.2, 0.25) is 0 Å². The predicted octanol–water partition coefficient (Wildman–Crippen LogP) is -0.850. The average molecular weight is 286 g/mol. The van der Waals surface area contributed by atoms with Crippen LogP contribution in [-0.4, -0.2) is 91.6 Å². The molecule has 0 radical (unpaired) electrons. The third kappa shape index (κ3) is 1.13. The van der Waals surface area contributed by atoms with E-state index >= 15 is 0 Å². The molecule has 5 amide bonds. The lowest BCUT2D eigenvalue weighted by Gasteiger charge is -2.53. The maximum Gasteiger partial charge on any atom is 0.330 e. The van der Waals surface area contributed by atoms with Crippen molar-refractivity contribution in [1.82, 2.24) is 19.6 Å². The average Bonchev–Trinajstić information content (AvgIpc) is 2.62. The molecule has 0 spiro atoms. The maximum absolute atomic E-state index is 12.6. The number of ether oxygens (including phenoxy) is 2. The molecule has 112 valence electrons. The van der Waals surface area contributed by atoms with Crippen LogP contribution in [0.4, 0.5) is 9.59 Å². The number of urea groups is 2. The fourth-order valence-corrected chi connectivity index (χ4v) is 3.11. The standard InChI is InChI=1S/C11H18N4O5/c1-12-7(16)10(19-5)11(20-6,14(3)8(12)17)15(4)9(18)13(10)2/h1-6H3/t10-,11+/m0/s1. The van der Waals surface area contributed by atoms with Gasteiger partial charge in [0.1, 0.15) is 0 Å². The molecule has 2 aliphatic rings. The van der Waals surface area contributed by atoms with Gasteiger partial charge in [-0.15, -0.1) is 0 Å². The van der Waals surface area contributed by atoms with Crippen molar-refractivity contribution in [1.29, 1.82) is 0 Å². The molecule has 0 saturated carbocycles. The van der Waals surface area contributed by atoms with Crippen LogP contribution < -0.4 is 0 Å². The van der Waals surface area contributed by atoms with Gasteiger partial charge in [-0.25, -0.2) is 9.59 Å². The molecular weight excluding hydrogens is 268 g/mol. The van der Waals surface area contributed by atoms with Gasteiger partial charge in [0.2, 0.25) is 0 Å². The monoisotopic (exact) mass is 286 g/mol. The molecule has 0 N–H and O–H groups in total. The van der Waals surface area contributed by atoms with Gasteiger partial charge in [0.15, 0.2) is 0 Å². The Bertz CT molecular complexity index is 497. The molecule has 2 fully saturated rings. The Balaban J connectivity index is 2.80. The Morgan fingerprint density at radius 1 is 0.800 bits per heavy atom. The SMILES string of the molecule is CO[C@@]12N(C)C(=O)N(C)C(=O)[C@@]1(OC)N(C)C(=O)N2C. The third-order valence-electron chi connectivity index (χ3n) is 4.15. The Hall–Kier alpha value is -1.87. The van der Waals surface area contributed by atoms with Gasteiger partial charge >= 0.3 is 12.1 Å². The molecule has 2 saturated heterocycles. The summed E-state index contributed by atoms with van der Waals surface area (Å²) < 4.78 is 10.9. The first-order chi connectivity index (χ1) is 9.23. The number of amides is 5. The molecule has 0 aliphatic carbocycles. The number of fused-ring (bicyclic) bond motifs is 1. The summed E-state index contributed by atoms with van der Waals surface area (Å²) in [5.74, 6) is -2.32. The van der Waals surface area contributed by atoms with Crippen molar-refractivity contribution in [3.63, 3.8) is 0 Å². The summed E-state index contributed by atoms with van der Waals surface area (Å²) in [5.41, 5.74) is -1.76. The van der Waals surface area contributed by atoms with E-state index in [2.05, 4.69) is 0 Å². The highest BCUT2D eigenvalue weighted by Crippen LogP contribution is 2.47. The molecule has 2 aliphatic heterocycles. The first-order valence-electron chi connectivity index (χ1n) is 5.91. The number of carbonyl (C=O) groups excluding carboxylic acids is 3. The summed E-state index contributed by atoms with van der Waals surface area (Å²) in [7, 11) is 8.28. The molecule has 0 aromatic heterocycles. The number of carbonyl (C=O) groups is 3. The zero-order valence-electron chi connectivity index (χ0n) is 12.3. The second-order valence-electron chi connectivity index (χ2n) is 4.77. The van der Waals surface area contributed by atoms with E-state index in [1.54, 1.807) is 0 Å². The van der Waals surface area contributed by atoms with E-state index in [0.29, 0.717) is 0 Å². The van der Waals surface area contributed by atoms with Crippen molar-refractivity contribution in [2.45, 2.75) is 11.6 Å². The van der Waals surface area contributed by atoms with Crippen LogP contribution in [-0.2, 0) is 14.3 Å². The Kier molecular flexibility index (Phi) is 2.95. The molecule has 9 heteroatoms. The highest BCUT2D eigenvalue weighted by molar-refractivity contribution is 6.06. The molecule has 0 unspecified atom stereocenters. The van der Waals surface area contributed by atoms with Gasteiger partial charge in [0.05, 0.1) is 0 Å². The lowest BCUT2D eigenvalue weighted by molar-refractivity contribution is -0.297. The summed E-state index contributed by atoms with van der Waals surface area (Å²) >= 11 is 0. The first-order valence-corrected chi connectivity index (χ1v) is 5.91. The van der Waals surface area contributed by atoms with E-state index in [1.165, 1.54) is 52.2 Å². The van der Waals surface area contributed by atoms with E-state index in [-0.39, 0.29) is 0 Å². The molecule has 0 aromatic rings. The van der Waals surface area contributed by atoms with Crippen LogP contribution in [0.25, 0.3) is 0 Å². The summed E-state index contributed by atoms with van der Waals surface area (Å²) in [4.78, 5) is 41.5. The van der Waals surface area contributed by atoms with E-state index in [0.717, 1.165) is 9.80 Å². The largest absolute Gasteiger partial charge is 0.345 e. The van der Waals surface area contributed by atoms with Gasteiger partial charge in [-0.3, -0.25) is 24.4 Å². The lowest BCUT2D eigenvalue weighted by Crippen LogP contribution is -2.81. The van der Waals surface area contributed by atoms with Crippen molar-refractivity contribution in [2.24, 2.45) is 0 Å². The molecule has 2 rings (SSSR count). The van der Waals surface area contributed by atoms with Gasteiger partial charge in [-0.2, -0.15) is 0 Å². The second-order valence-corrected chi connectivity index (χ2v) is 4.77. The maximum atomic E-state index is 12.6. The second kappa shape index (κ2) is 4.06. The first kappa shape index (κ1) is 14.5. The predicted molar refractivity (Wildman–Crippen MR) is 66.3 cm³/mol. The minimum atomic E-state index is -1.76. The van der Waals surface area contributed by atoms with Crippen molar-refractivity contribution in [3.05, 3.63) is 0 Å². The normalized spacial score (nSPS) is 34.2. The lowest BCUT2D eigenvalue weighted by atomic mass is 10.0. The van der Waals surface area contributed by atoms with Crippen LogP contribution in [0.15, 0.2) is 0 Å². The smallest absolute Gasteiger partial charge is 0.330 e. The number of likely N-dealkylation sites (N-methyl/N-ethyl adjacent to an activating group) is 4. The van der Waals surface area contributed by atoms with Gasteiger partial charge in [-0.1, -0.05) is 0 Å². The molecule has 0 bridgehead atoms. The van der Waals surface area contributed by atoms with Crippen molar-refractivity contribution >= 4 is 18.0 Å². The van der Waals surface area contributed by atoms with Crippen molar-refractivity contribution in [3.8, 4) is 0 Å². The van der Waals surface area contributed by atoms with Crippen molar-refractivity contribution in [2.75, 3.05) is 42.4 Å². The van der Waals surface area contributed by atoms with Crippen LogP contribution in [0, 0.1) is 0 Å². The molecule has 0 aromatic carbocycles. The van der Waals surface area contributed by atoms with Crippen LogP contribution in [0.1, 0.15) is 0 Å². The van der Waals surface area contributed by atoms with E-state index in [1.807, 2.05) is 0 Å². The van der Waals surface area contributed by atoms with Gasteiger partial charge in [0, 0.05) is 42.4 Å². The number of nitrogens with zero attached hydrogens (tertiary/aromatic N) is 4. The minimum Gasteiger partial charge on any atom is -0.345 e. The summed E-state index contributed by atoms with van der Waals surface area (Å²) in [6.45, 7) is 0. The highest BCUT2D eigenvalue weighted by atomic mass is 16.6. The Morgan fingerprint density at radius 2 is 1.30 bits per heavy atom. The summed E-state index contributed by atoms with van der Waals surface area (Å²) in [5, 5.41) is 0. The van der Waals surface area contributed by atoms with Gasteiger partial charge < -0.3 is 9.47 Å². The summed E-state index contributed by atoms with van der Waals surface area (Å²) in [6.07, 6.45) is 0. The third-order valence-corrected chi connectivity index (χ3v) is 4.15. The Labute approximate surface area is 116 Å². The zero-order valence-corrected chi connectivity index (χ0v) is 12.3.